The molecule has 3 N–H and O–H groups in total. The molecule has 0 aliphatic carbocycles. The number of anilines is 1. The van der Waals surface area contributed by atoms with Crippen LogP contribution in [0.5, 0.6) is 11.5 Å². The topological polar surface area (TPSA) is 106 Å². The van der Waals surface area contributed by atoms with E-state index in [-0.39, 0.29) is 17.1 Å². The average Bonchev–Trinajstić information content (AvgIpc) is 3.11. The van der Waals surface area contributed by atoms with Gasteiger partial charge < -0.3 is 10.2 Å². The van der Waals surface area contributed by atoms with Crippen molar-refractivity contribution in [2.45, 2.75) is 0 Å². The van der Waals surface area contributed by atoms with Crippen LogP contribution in [0.3, 0.4) is 0 Å². The van der Waals surface area contributed by atoms with Gasteiger partial charge in [-0.2, -0.15) is 5.26 Å². The molecule has 0 aliphatic rings. The number of carbonyl (C=O) groups excluding carboxylic acids is 1. The van der Waals surface area contributed by atoms with Crippen LogP contribution in [-0.2, 0) is 4.79 Å². The predicted octanol–water partition coefficient (Wildman–Crippen LogP) is 4.42. The third-order valence-corrected chi connectivity index (χ3v) is 4.51. The zero-order valence-corrected chi connectivity index (χ0v) is 15.3. The number of benzene rings is 2. The molecule has 0 aliphatic heterocycles. The second kappa shape index (κ2) is 7.91. The minimum absolute atomic E-state index is 0.167. The number of phenols is 2. The Morgan fingerprint density at radius 3 is 2.74 bits per heavy atom. The monoisotopic (exact) mass is 397 g/mol. The Kier molecular flexibility index (Phi) is 5.41. The molecular formula is C19H12ClN3O3S. The summed E-state index contributed by atoms with van der Waals surface area (Å²) in [7, 11) is 0. The molecule has 0 unspecified atom stereocenters. The highest BCUT2D eigenvalue weighted by Gasteiger charge is 2.13. The molecule has 0 spiro atoms. The van der Waals surface area contributed by atoms with Gasteiger partial charge in [-0.15, -0.1) is 11.3 Å². The maximum absolute atomic E-state index is 12.3. The Labute approximate surface area is 163 Å². The first-order valence-corrected chi connectivity index (χ1v) is 8.88. The number of phenolic OH excluding ortho intramolecular Hbond substituents is 2. The number of nitriles is 1. The van der Waals surface area contributed by atoms with E-state index in [1.54, 1.807) is 23.6 Å². The summed E-state index contributed by atoms with van der Waals surface area (Å²) in [5, 5.41) is 33.4. The number of carbonyl (C=O) groups is 1. The van der Waals surface area contributed by atoms with Crippen LogP contribution in [0, 0.1) is 11.3 Å². The van der Waals surface area contributed by atoms with Gasteiger partial charge in [-0.3, -0.25) is 10.1 Å². The van der Waals surface area contributed by atoms with Crippen molar-refractivity contribution in [1.29, 1.82) is 5.26 Å². The number of halogens is 1. The molecular weight excluding hydrogens is 386 g/mol. The Hall–Kier alpha value is -3.34. The van der Waals surface area contributed by atoms with Gasteiger partial charge in [0.25, 0.3) is 5.91 Å². The van der Waals surface area contributed by atoms with Gasteiger partial charge in [0.15, 0.2) is 16.6 Å². The minimum Gasteiger partial charge on any atom is -0.504 e. The lowest BCUT2D eigenvalue weighted by molar-refractivity contribution is -0.112. The molecule has 0 atom stereocenters. The second-order valence-corrected chi connectivity index (χ2v) is 6.71. The lowest BCUT2D eigenvalue weighted by Gasteiger charge is -2.02. The van der Waals surface area contributed by atoms with E-state index in [1.165, 1.54) is 35.6 Å². The first kappa shape index (κ1) is 18.5. The van der Waals surface area contributed by atoms with Crippen molar-refractivity contribution >= 4 is 40.1 Å². The number of nitrogens with zero attached hydrogens (tertiary/aromatic N) is 2. The number of hydrogen-bond acceptors (Lipinski definition) is 6. The van der Waals surface area contributed by atoms with E-state index in [0.29, 0.717) is 21.4 Å². The normalized spacial score (nSPS) is 11.0. The van der Waals surface area contributed by atoms with Crippen molar-refractivity contribution in [2.24, 2.45) is 0 Å². The highest BCUT2D eigenvalue weighted by atomic mass is 35.5. The Balaban J connectivity index is 1.78. The molecule has 2 aromatic carbocycles. The number of amides is 1. The molecule has 0 bridgehead atoms. The van der Waals surface area contributed by atoms with E-state index in [4.69, 9.17) is 11.6 Å². The van der Waals surface area contributed by atoms with Crippen molar-refractivity contribution in [3.63, 3.8) is 0 Å². The molecule has 0 fully saturated rings. The minimum atomic E-state index is -0.628. The maximum Gasteiger partial charge on any atom is 0.268 e. The van der Waals surface area contributed by atoms with Gasteiger partial charge in [-0.1, -0.05) is 29.8 Å². The van der Waals surface area contributed by atoms with Crippen molar-refractivity contribution in [3.05, 3.63) is 64.0 Å². The standard InChI is InChI=1S/C19H12ClN3O3S/c20-14-3-1-2-12(8-14)15-10-27-19(22-15)23-18(26)13(9-21)6-11-4-5-16(24)17(25)7-11/h1-8,10,24-25H,(H,22,23,26)/b13-6+. The number of nitrogens with one attached hydrogen (secondary N) is 1. The SMILES string of the molecule is N#C/C(=C\c1ccc(O)c(O)c1)C(=O)Nc1nc(-c2cccc(Cl)c2)cs1. The van der Waals surface area contributed by atoms with Crippen LogP contribution in [0.1, 0.15) is 5.56 Å². The summed E-state index contributed by atoms with van der Waals surface area (Å²) < 4.78 is 0. The summed E-state index contributed by atoms with van der Waals surface area (Å²) in [5.41, 5.74) is 1.70. The fourth-order valence-corrected chi connectivity index (χ4v) is 3.13. The molecule has 27 heavy (non-hydrogen) atoms. The molecule has 134 valence electrons. The van der Waals surface area contributed by atoms with Crippen LogP contribution in [0.15, 0.2) is 53.4 Å². The summed E-state index contributed by atoms with van der Waals surface area (Å²) in [5.74, 6) is -1.25. The molecule has 0 radical (unpaired) electrons. The van der Waals surface area contributed by atoms with Crippen LogP contribution in [0.25, 0.3) is 17.3 Å². The molecule has 1 aromatic heterocycles. The summed E-state index contributed by atoms with van der Waals surface area (Å²) in [6, 6.07) is 13.0. The highest BCUT2D eigenvalue weighted by Crippen LogP contribution is 2.28. The molecule has 1 heterocycles. The molecule has 3 rings (SSSR count). The quantitative estimate of drug-likeness (QED) is 0.343. The molecule has 6 nitrogen and oxygen atoms in total. The van der Waals surface area contributed by atoms with Crippen molar-refractivity contribution in [3.8, 4) is 28.8 Å². The summed E-state index contributed by atoms with van der Waals surface area (Å²) in [4.78, 5) is 16.7. The zero-order valence-electron chi connectivity index (χ0n) is 13.7. The van der Waals surface area contributed by atoms with Crippen molar-refractivity contribution in [1.82, 2.24) is 4.98 Å². The molecule has 1 amide bonds. The zero-order chi connectivity index (χ0) is 19.4. The van der Waals surface area contributed by atoms with E-state index in [1.807, 2.05) is 12.1 Å². The number of aromatic hydroxyl groups is 2. The number of thiazole rings is 1. The van der Waals surface area contributed by atoms with E-state index < -0.39 is 5.91 Å². The number of aromatic nitrogens is 1. The third-order valence-electron chi connectivity index (χ3n) is 3.52. The van der Waals surface area contributed by atoms with Gasteiger partial charge in [-0.25, -0.2) is 4.98 Å². The lowest BCUT2D eigenvalue weighted by Crippen LogP contribution is -2.13. The van der Waals surface area contributed by atoms with E-state index >= 15 is 0 Å². The van der Waals surface area contributed by atoms with Gasteiger partial charge in [0, 0.05) is 16.0 Å². The Morgan fingerprint density at radius 2 is 2.04 bits per heavy atom. The predicted molar refractivity (Wildman–Crippen MR) is 105 cm³/mol. The third kappa shape index (κ3) is 4.44. The van der Waals surface area contributed by atoms with Crippen LogP contribution in [-0.4, -0.2) is 21.1 Å². The fraction of sp³-hybridized carbons (Fsp3) is 0. The van der Waals surface area contributed by atoms with Crippen LogP contribution in [0.2, 0.25) is 5.02 Å². The van der Waals surface area contributed by atoms with E-state index in [0.717, 1.165) is 5.56 Å². The second-order valence-electron chi connectivity index (χ2n) is 5.42. The van der Waals surface area contributed by atoms with Gasteiger partial charge in [0.05, 0.1) is 5.69 Å². The molecule has 0 saturated carbocycles. The molecule has 8 heteroatoms. The molecule has 3 aromatic rings. The Bertz CT molecular complexity index is 1090. The van der Waals surface area contributed by atoms with Gasteiger partial charge >= 0.3 is 0 Å². The first-order chi connectivity index (χ1) is 13.0. The lowest BCUT2D eigenvalue weighted by atomic mass is 10.1. The smallest absolute Gasteiger partial charge is 0.268 e. The first-order valence-electron chi connectivity index (χ1n) is 7.63. The van der Waals surface area contributed by atoms with Gasteiger partial charge in [-0.05, 0) is 35.9 Å². The van der Waals surface area contributed by atoms with Crippen LogP contribution >= 0.6 is 22.9 Å². The van der Waals surface area contributed by atoms with Gasteiger partial charge in [0.1, 0.15) is 11.6 Å². The Morgan fingerprint density at radius 1 is 1.22 bits per heavy atom. The number of rotatable bonds is 4. The maximum atomic E-state index is 12.3. The van der Waals surface area contributed by atoms with Crippen LogP contribution in [0.4, 0.5) is 5.13 Å². The number of hydrogen-bond donors (Lipinski definition) is 3. The highest BCUT2D eigenvalue weighted by molar-refractivity contribution is 7.14. The van der Waals surface area contributed by atoms with E-state index in [2.05, 4.69) is 10.3 Å². The van der Waals surface area contributed by atoms with Crippen LogP contribution < -0.4 is 5.32 Å². The van der Waals surface area contributed by atoms with E-state index in [9.17, 15) is 20.3 Å². The average molecular weight is 398 g/mol. The van der Waals surface area contributed by atoms with Gasteiger partial charge in [0.2, 0.25) is 0 Å². The van der Waals surface area contributed by atoms with Crippen molar-refractivity contribution in [2.75, 3.05) is 5.32 Å². The molecule has 0 saturated heterocycles. The fourth-order valence-electron chi connectivity index (χ4n) is 2.22. The summed E-state index contributed by atoms with van der Waals surface area (Å²) >= 11 is 7.19. The summed E-state index contributed by atoms with van der Waals surface area (Å²) in [6.07, 6.45) is 1.31. The summed E-state index contributed by atoms with van der Waals surface area (Å²) in [6.45, 7) is 0. The largest absolute Gasteiger partial charge is 0.504 e. The van der Waals surface area contributed by atoms with Crippen molar-refractivity contribution < 1.29 is 15.0 Å².